The predicted molar refractivity (Wildman–Crippen MR) is 129 cm³/mol. The van der Waals surface area contributed by atoms with E-state index in [4.69, 9.17) is 13.7 Å². The maximum absolute atomic E-state index is 6.37. The minimum atomic E-state index is -1.65. The summed E-state index contributed by atoms with van der Waals surface area (Å²) in [5, 5.41) is 0.277. The Morgan fingerprint density at radius 1 is 1.07 bits per heavy atom. The summed E-state index contributed by atoms with van der Waals surface area (Å²) >= 11 is 0. The fourth-order valence-electron chi connectivity index (χ4n) is 3.86. The lowest BCUT2D eigenvalue weighted by Gasteiger charge is -2.36. The molecule has 1 aromatic rings. The van der Waals surface area contributed by atoms with Gasteiger partial charge in [-0.1, -0.05) is 45.0 Å². The van der Waals surface area contributed by atoms with Crippen molar-refractivity contribution in [3.8, 4) is 0 Å². The Morgan fingerprint density at radius 3 is 2.17 bits per heavy atom. The maximum Gasteiger partial charge on any atom is 0.494 e. The molecule has 30 heavy (non-hydrogen) atoms. The SMILES string of the molecule is CC1(C)OB(c2ccc(C3CCN(CCO[Si](C)(C)C(C)(C)C)C3)cc2)OC1(C)C. The molecule has 1 aromatic carbocycles. The van der Waals surface area contributed by atoms with E-state index in [-0.39, 0.29) is 23.4 Å². The number of hydrogen-bond acceptors (Lipinski definition) is 4. The summed E-state index contributed by atoms with van der Waals surface area (Å²) in [5.74, 6) is 0.602. The molecular weight excluding hydrogens is 389 g/mol. The highest BCUT2D eigenvalue weighted by atomic mass is 28.4. The normalized spacial score (nSPS) is 24.6. The molecule has 4 nitrogen and oxygen atoms in total. The summed E-state index contributed by atoms with van der Waals surface area (Å²) in [6.07, 6.45) is 1.22. The smallest absolute Gasteiger partial charge is 0.416 e. The topological polar surface area (TPSA) is 30.9 Å². The van der Waals surface area contributed by atoms with Gasteiger partial charge in [-0.2, -0.15) is 0 Å². The Balaban J connectivity index is 1.51. The summed E-state index contributed by atoms with van der Waals surface area (Å²) in [6.45, 7) is 24.2. The highest BCUT2D eigenvalue weighted by molar-refractivity contribution is 6.74. The monoisotopic (exact) mass is 431 g/mol. The Morgan fingerprint density at radius 2 is 1.63 bits per heavy atom. The minimum Gasteiger partial charge on any atom is -0.416 e. The van der Waals surface area contributed by atoms with E-state index in [0.717, 1.165) is 31.7 Å². The molecule has 0 amide bonds. The first-order valence-corrected chi connectivity index (χ1v) is 14.4. The van der Waals surface area contributed by atoms with Crippen LogP contribution in [0, 0.1) is 0 Å². The second-order valence-corrected chi connectivity index (χ2v) is 16.5. The van der Waals surface area contributed by atoms with E-state index in [2.05, 4.69) is 90.7 Å². The molecule has 1 unspecified atom stereocenters. The van der Waals surface area contributed by atoms with Crippen LogP contribution in [0.5, 0.6) is 0 Å². The van der Waals surface area contributed by atoms with Gasteiger partial charge in [0.1, 0.15) is 0 Å². The first-order chi connectivity index (χ1) is 13.7. The largest absolute Gasteiger partial charge is 0.494 e. The average molecular weight is 432 g/mol. The van der Waals surface area contributed by atoms with E-state index in [9.17, 15) is 0 Å². The molecule has 6 heteroatoms. The van der Waals surface area contributed by atoms with Gasteiger partial charge in [-0.3, -0.25) is 0 Å². The van der Waals surface area contributed by atoms with Crippen LogP contribution in [0.3, 0.4) is 0 Å². The van der Waals surface area contributed by atoms with Gasteiger partial charge in [-0.05, 0) is 75.7 Å². The Labute approximate surface area is 185 Å². The van der Waals surface area contributed by atoms with Crippen LogP contribution in [0.25, 0.3) is 0 Å². The molecular formula is C24H42BNO3Si. The Hall–Kier alpha value is -0.658. The van der Waals surface area contributed by atoms with Crippen LogP contribution in [-0.2, 0) is 13.7 Å². The van der Waals surface area contributed by atoms with E-state index < -0.39 is 8.32 Å². The fourth-order valence-corrected chi connectivity index (χ4v) is 4.89. The molecule has 0 spiro atoms. The molecule has 0 N–H and O–H groups in total. The van der Waals surface area contributed by atoms with E-state index in [1.54, 1.807) is 0 Å². The van der Waals surface area contributed by atoms with Gasteiger partial charge in [0.25, 0.3) is 0 Å². The van der Waals surface area contributed by atoms with Crippen LogP contribution < -0.4 is 5.46 Å². The summed E-state index contributed by atoms with van der Waals surface area (Å²) in [5.41, 5.74) is 1.93. The van der Waals surface area contributed by atoms with Crippen LogP contribution in [0.15, 0.2) is 24.3 Å². The van der Waals surface area contributed by atoms with Crippen molar-refractivity contribution >= 4 is 20.9 Å². The van der Waals surface area contributed by atoms with Crippen LogP contribution >= 0.6 is 0 Å². The number of rotatable bonds is 6. The van der Waals surface area contributed by atoms with Crippen molar-refractivity contribution in [2.45, 2.75) is 90.1 Å². The fraction of sp³-hybridized carbons (Fsp3) is 0.750. The lowest BCUT2D eigenvalue weighted by molar-refractivity contribution is 0.00578. The predicted octanol–water partition coefficient (Wildman–Crippen LogP) is 4.80. The first kappa shape index (κ1) is 24.0. The van der Waals surface area contributed by atoms with Crippen LogP contribution in [0.4, 0.5) is 0 Å². The second kappa shape index (κ2) is 8.36. The summed E-state index contributed by atoms with van der Waals surface area (Å²) in [4.78, 5) is 2.56. The molecule has 0 aromatic heterocycles. The van der Waals surface area contributed by atoms with Gasteiger partial charge >= 0.3 is 7.12 Å². The van der Waals surface area contributed by atoms with E-state index >= 15 is 0 Å². The molecule has 1 atom stereocenters. The van der Waals surface area contributed by atoms with Gasteiger partial charge in [0.15, 0.2) is 8.32 Å². The van der Waals surface area contributed by atoms with Crippen molar-refractivity contribution in [1.82, 2.24) is 4.90 Å². The zero-order valence-electron chi connectivity index (χ0n) is 20.7. The van der Waals surface area contributed by atoms with Crippen molar-refractivity contribution < 1.29 is 13.7 Å². The van der Waals surface area contributed by atoms with Gasteiger partial charge in [-0.25, -0.2) is 0 Å². The second-order valence-electron chi connectivity index (χ2n) is 11.6. The zero-order valence-corrected chi connectivity index (χ0v) is 21.7. The van der Waals surface area contributed by atoms with E-state index in [1.807, 2.05) is 0 Å². The third-order valence-electron chi connectivity index (χ3n) is 7.88. The van der Waals surface area contributed by atoms with Crippen molar-refractivity contribution in [3.05, 3.63) is 29.8 Å². The van der Waals surface area contributed by atoms with E-state index in [0.29, 0.717) is 5.92 Å². The van der Waals surface area contributed by atoms with Crippen molar-refractivity contribution in [1.29, 1.82) is 0 Å². The lowest BCUT2D eigenvalue weighted by Crippen LogP contribution is -2.42. The van der Waals surface area contributed by atoms with Gasteiger partial charge in [0.2, 0.25) is 0 Å². The van der Waals surface area contributed by atoms with Gasteiger partial charge < -0.3 is 18.6 Å². The quantitative estimate of drug-likeness (QED) is 0.606. The molecule has 0 saturated carbocycles. The highest BCUT2D eigenvalue weighted by Crippen LogP contribution is 2.37. The van der Waals surface area contributed by atoms with Crippen LogP contribution in [0.1, 0.15) is 66.4 Å². The number of likely N-dealkylation sites (tertiary alicyclic amines) is 1. The molecule has 2 aliphatic rings. The zero-order chi connectivity index (χ0) is 22.4. The molecule has 2 fully saturated rings. The standard InChI is InChI=1S/C24H42BNO3Si/c1-22(2,3)30(8,9)27-17-16-26-15-14-20(18-26)19-10-12-21(13-11-19)25-28-23(4,5)24(6,7)29-25/h10-13,20H,14-18H2,1-9H3. The number of nitrogens with zero attached hydrogens (tertiary/aromatic N) is 1. The molecule has 168 valence electrons. The molecule has 2 saturated heterocycles. The molecule has 2 heterocycles. The summed E-state index contributed by atoms with van der Waals surface area (Å²) < 4.78 is 18.7. The molecule has 0 bridgehead atoms. The van der Waals surface area contributed by atoms with Crippen LogP contribution in [0.2, 0.25) is 18.1 Å². The number of hydrogen-bond donors (Lipinski definition) is 0. The van der Waals surface area contributed by atoms with Gasteiger partial charge in [-0.15, -0.1) is 0 Å². The van der Waals surface area contributed by atoms with Crippen LogP contribution in [-0.4, -0.2) is 57.8 Å². The van der Waals surface area contributed by atoms with Gasteiger partial charge in [0, 0.05) is 19.7 Å². The Kier molecular flexibility index (Phi) is 6.69. The molecule has 2 aliphatic heterocycles. The lowest BCUT2D eigenvalue weighted by atomic mass is 9.78. The molecule has 0 aliphatic carbocycles. The van der Waals surface area contributed by atoms with Crippen molar-refractivity contribution in [3.63, 3.8) is 0 Å². The average Bonchev–Trinajstić information content (AvgIpc) is 3.16. The van der Waals surface area contributed by atoms with Crippen molar-refractivity contribution in [2.24, 2.45) is 0 Å². The van der Waals surface area contributed by atoms with Gasteiger partial charge in [0.05, 0.1) is 11.2 Å². The third-order valence-corrected chi connectivity index (χ3v) is 12.4. The maximum atomic E-state index is 6.37. The van der Waals surface area contributed by atoms with E-state index in [1.165, 1.54) is 12.0 Å². The highest BCUT2D eigenvalue weighted by Gasteiger charge is 2.51. The summed E-state index contributed by atoms with van der Waals surface area (Å²) in [7, 11) is -1.93. The molecule has 0 radical (unpaired) electrons. The number of benzene rings is 1. The molecule has 3 rings (SSSR count). The van der Waals surface area contributed by atoms with Crippen molar-refractivity contribution in [2.75, 3.05) is 26.2 Å². The minimum absolute atomic E-state index is 0.277. The first-order valence-electron chi connectivity index (χ1n) is 11.5. The third kappa shape index (κ3) is 5.04. The summed E-state index contributed by atoms with van der Waals surface area (Å²) in [6, 6.07) is 8.89. The Bertz CT molecular complexity index is 711.